The number of unbranched alkanes of at least 4 members (excludes halogenated alkanes) is 18. The van der Waals surface area contributed by atoms with Gasteiger partial charge in [-0.25, -0.2) is 8.37 Å². The van der Waals surface area contributed by atoms with Crippen LogP contribution < -0.4 is 5.32 Å². The third-order valence-corrected chi connectivity index (χ3v) is 6.94. The van der Waals surface area contributed by atoms with Gasteiger partial charge in [-0.05, 0) is 12.8 Å². The highest BCUT2D eigenvalue weighted by Crippen LogP contribution is 2.12. The van der Waals surface area contributed by atoms with Crippen molar-refractivity contribution in [1.82, 2.24) is 5.32 Å². The van der Waals surface area contributed by atoms with Gasteiger partial charge in [-0.15, -0.1) is 0 Å². The van der Waals surface area contributed by atoms with Crippen LogP contribution in [0.15, 0.2) is 0 Å². The molecule has 0 radical (unpaired) electrons. The fourth-order valence-electron chi connectivity index (χ4n) is 3.82. The van der Waals surface area contributed by atoms with Gasteiger partial charge in [0.2, 0.25) is 0 Å². The van der Waals surface area contributed by atoms with Crippen LogP contribution in [0, 0.1) is 0 Å². The molecule has 0 unspecified atom stereocenters. The van der Waals surface area contributed by atoms with E-state index in [0.29, 0.717) is 13.1 Å². The van der Waals surface area contributed by atoms with Crippen LogP contribution in [0.25, 0.3) is 0 Å². The first kappa shape index (κ1) is 37.9. The second-order valence-corrected chi connectivity index (χ2v) is 10.9. The van der Waals surface area contributed by atoms with E-state index in [1.165, 1.54) is 89.9 Å². The summed E-state index contributed by atoms with van der Waals surface area (Å²) in [5, 5.41) is 19.1. The topological polar surface area (TPSA) is 105 Å². The molecule has 0 amide bonds. The zero-order chi connectivity index (χ0) is 27.0. The predicted molar refractivity (Wildman–Crippen MR) is 152 cm³/mol. The van der Waals surface area contributed by atoms with Crippen molar-refractivity contribution in [3.8, 4) is 0 Å². The quantitative estimate of drug-likeness (QED) is 0.0954. The van der Waals surface area contributed by atoms with Crippen LogP contribution in [0.4, 0.5) is 0 Å². The molecule has 0 atom stereocenters. The number of rotatable bonds is 28. The fraction of sp³-hybridized carbons (Fsp3) is 1.00. The molecular formula is C28H61NO6S. The van der Waals surface area contributed by atoms with Crippen molar-refractivity contribution in [1.29, 1.82) is 0 Å². The second kappa shape index (κ2) is 32.8. The molecule has 3 N–H and O–H groups in total. The Balaban J connectivity index is 0. The first-order chi connectivity index (χ1) is 17.5. The Labute approximate surface area is 224 Å². The van der Waals surface area contributed by atoms with E-state index in [2.05, 4.69) is 19.2 Å². The van der Waals surface area contributed by atoms with Gasteiger partial charge >= 0.3 is 10.4 Å². The summed E-state index contributed by atoms with van der Waals surface area (Å²) < 4.78 is 33.3. The summed E-state index contributed by atoms with van der Waals surface area (Å²) in [6, 6.07) is 0. The smallest absolute Gasteiger partial charge is 0.395 e. The SMILES string of the molecule is CCCCCCCCCCCCOS(=O)(=O)OCCCCCCCCCCCC.OCCNCCO. The van der Waals surface area contributed by atoms with Crippen LogP contribution in [-0.4, -0.2) is 58.1 Å². The van der Waals surface area contributed by atoms with Crippen LogP contribution in [0.2, 0.25) is 0 Å². The van der Waals surface area contributed by atoms with Crippen LogP contribution in [0.5, 0.6) is 0 Å². The van der Waals surface area contributed by atoms with E-state index in [1.807, 2.05) is 0 Å². The van der Waals surface area contributed by atoms with E-state index in [9.17, 15) is 8.42 Å². The number of aliphatic hydroxyl groups excluding tert-OH is 2. The minimum atomic E-state index is -3.80. The minimum Gasteiger partial charge on any atom is -0.395 e. The highest BCUT2D eigenvalue weighted by atomic mass is 32.3. The van der Waals surface area contributed by atoms with Gasteiger partial charge in [0.25, 0.3) is 0 Å². The lowest BCUT2D eigenvalue weighted by atomic mass is 10.1. The lowest BCUT2D eigenvalue weighted by Crippen LogP contribution is -2.21. The average Bonchev–Trinajstić information content (AvgIpc) is 2.86. The Kier molecular flexibility index (Phi) is 34.5. The maximum Gasteiger partial charge on any atom is 0.399 e. The summed E-state index contributed by atoms with van der Waals surface area (Å²) in [5.74, 6) is 0. The Bertz CT molecular complexity index is 454. The van der Waals surface area contributed by atoms with Gasteiger partial charge in [0, 0.05) is 13.1 Å². The van der Waals surface area contributed by atoms with Crippen LogP contribution in [-0.2, 0) is 18.8 Å². The molecule has 0 saturated heterocycles. The lowest BCUT2D eigenvalue weighted by molar-refractivity contribution is 0.208. The Morgan fingerprint density at radius 2 is 0.778 bits per heavy atom. The van der Waals surface area contributed by atoms with E-state index >= 15 is 0 Å². The molecule has 0 aliphatic rings. The zero-order valence-electron chi connectivity index (χ0n) is 23.8. The second-order valence-electron chi connectivity index (χ2n) is 9.61. The highest BCUT2D eigenvalue weighted by molar-refractivity contribution is 7.81. The van der Waals surface area contributed by atoms with E-state index in [4.69, 9.17) is 18.6 Å². The third kappa shape index (κ3) is 35.9. The normalized spacial score (nSPS) is 11.4. The van der Waals surface area contributed by atoms with Crippen molar-refractivity contribution in [2.75, 3.05) is 39.5 Å². The summed E-state index contributed by atoms with van der Waals surface area (Å²) in [6.45, 7) is 6.39. The molecule has 0 aliphatic heterocycles. The molecule has 36 heavy (non-hydrogen) atoms. The number of hydrogen-bond donors (Lipinski definition) is 3. The molecule has 0 bridgehead atoms. The van der Waals surface area contributed by atoms with Crippen molar-refractivity contribution in [3.05, 3.63) is 0 Å². The van der Waals surface area contributed by atoms with Gasteiger partial charge in [0.1, 0.15) is 0 Å². The van der Waals surface area contributed by atoms with Crippen molar-refractivity contribution in [2.24, 2.45) is 0 Å². The molecule has 0 spiro atoms. The molecule has 0 aromatic rings. The molecule has 0 saturated carbocycles. The summed E-state index contributed by atoms with van der Waals surface area (Å²) in [6.07, 6.45) is 24.4. The molecule has 0 aromatic heterocycles. The first-order valence-electron chi connectivity index (χ1n) is 15.0. The molecule has 0 heterocycles. The standard InChI is InChI=1S/C24H50O4S.C4H11NO2/c1-3-5-7-9-11-13-15-17-19-21-23-27-29(25,26)28-24-22-20-18-16-14-12-10-8-6-4-2;6-3-1-5-2-4-7/h3-24H2,1-2H3;5-7H,1-4H2. The molecular weight excluding hydrogens is 478 g/mol. The summed E-state index contributed by atoms with van der Waals surface area (Å²) >= 11 is 0. The van der Waals surface area contributed by atoms with E-state index in [-0.39, 0.29) is 26.4 Å². The summed E-state index contributed by atoms with van der Waals surface area (Å²) in [4.78, 5) is 0. The molecule has 220 valence electrons. The van der Waals surface area contributed by atoms with Crippen LogP contribution >= 0.6 is 0 Å². The molecule has 7 nitrogen and oxygen atoms in total. The van der Waals surface area contributed by atoms with Crippen molar-refractivity contribution in [3.63, 3.8) is 0 Å². The van der Waals surface area contributed by atoms with Gasteiger partial charge in [-0.3, -0.25) is 0 Å². The fourth-order valence-corrected chi connectivity index (χ4v) is 4.53. The molecule has 8 heteroatoms. The van der Waals surface area contributed by atoms with Gasteiger partial charge in [0.15, 0.2) is 0 Å². The van der Waals surface area contributed by atoms with Crippen molar-refractivity contribution >= 4 is 10.4 Å². The molecule has 0 rings (SSSR count). The van der Waals surface area contributed by atoms with Gasteiger partial charge < -0.3 is 15.5 Å². The Hall–Kier alpha value is -0.250. The zero-order valence-corrected chi connectivity index (χ0v) is 24.6. The monoisotopic (exact) mass is 539 g/mol. The average molecular weight is 540 g/mol. The summed E-state index contributed by atoms with van der Waals surface area (Å²) in [5.41, 5.74) is 0. The largest absolute Gasteiger partial charge is 0.399 e. The van der Waals surface area contributed by atoms with E-state index in [0.717, 1.165) is 38.5 Å². The number of nitrogens with one attached hydrogen (secondary N) is 1. The number of aliphatic hydroxyl groups is 2. The van der Waals surface area contributed by atoms with Gasteiger partial charge in [-0.2, -0.15) is 8.42 Å². The van der Waals surface area contributed by atoms with Gasteiger partial charge in [0.05, 0.1) is 26.4 Å². The van der Waals surface area contributed by atoms with Crippen molar-refractivity contribution in [2.45, 2.75) is 142 Å². The minimum absolute atomic E-state index is 0.139. The third-order valence-electron chi connectivity index (χ3n) is 6.03. The Morgan fingerprint density at radius 1 is 0.500 bits per heavy atom. The highest BCUT2D eigenvalue weighted by Gasteiger charge is 2.11. The number of hydrogen-bond acceptors (Lipinski definition) is 7. The first-order valence-corrected chi connectivity index (χ1v) is 16.3. The predicted octanol–water partition coefficient (Wildman–Crippen LogP) is 6.67. The molecule has 0 aromatic carbocycles. The molecule has 0 aliphatic carbocycles. The van der Waals surface area contributed by atoms with E-state index < -0.39 is 10.4 Å². The maximum atomic E-state index is 11.7. The molecule has 0 fully saturated rings. The lowest BCUT2D eigenvalue weighted by Gasteiger charge is -2.06. The van der Waals surface area contributed by atoms with Crippen molar-refractivity contribution < 1.29 is 27.0 Å². The summed E-state index contributed by atoms with van der Waals surface area (Å²) in [7, 11) is -3.80. The van der Waals surface area contributed by atoms with E-state index in [1.54, 1.807) is 0 Å². The Morgan fingerprint density at radius 3 is 1.06 bits per heavy atom. The van der Waals surface area contributed by atoms with Crippen LogP contribution in [0.3, 0.4) is 0 Å². The maximum absolute atomic E-state index is 11.7. The van der Waals surface area contributed by atoms with Gasteiger partial charge in [-0.1, -0.05) is 129 Å². The van der Waals surface area contributed by atoms with Crippen LogP contribution in [0.1, 0.15) is 142 Å².